The van der Waals surface area contributed by atoms with E-state index in [4.69, 9.17) is 4.74 Å². The van der Waals surface area contributed by atoms with Crippen molar-refractivity contribution >= 4 is 11.2 Å². The molecule has 1 fully saturated rings. The summed E-state index contributed by atoms with van der Waals surface area (Å²) in [7, 11) is 1.45. The molecule has 146 valence electrons. The summed E-state index contributed by atoms with van der Waals surface area (Å²) in [5.41, 5.74) is 3.86. The molecule has 1 aliphatic carbocycles. The van der Waals surface area contributed by atoms with Crippen LogP contribution in [0.4, 0.5) is 4.39 Å². The van der Waals surface area contributed by atoms with Crippen molar-refractivity contribution in [3.63, 3.8) is 0 Å². The number of aromatic nitrogens is 3. The number of fused-ring (bicyclic) bond motifs is 1. The van der Waals surface area contributed by atoms with E-state index in [1.165, 1.54) is 26.0 Å². The van der Waals surface area contributed by atoms with Crippen molar-refractivity contribution in [2.45, 2.75) is 46.1 Å². The highest BCUT2D eigenvalue weighted by Crippen LogP contribution is 2.34. The summed E-state index contributed by atoms with van der Waals surface area (Å²) in [6, 6.07) is 4.96. The predicted molar refractivity (Wildman–Crippen MR) is 107 cm³/mol. The van der Waals surface area contributed by atoms with Crippen LogP contribution in [0.1, 0.15) is 36.9 Å². The van der Waals surface area contributed by atoms with Gasteiger partial charge in [-0.2, -0.15) is 0 Å². The first-order valence-electron chi connectivity index (χ1n) is 9.70. The fourth-order valence-corrected chi connectivity index (χ4v) is 3.73. The Morgan fingerprint density at radius 1 is 1.25 bits per heavy atom. The quantitative estimate of drug-likeness (QED) is 0.634. The number of halogens is 1. The molecular formula is C22H24FN3O2. The standard InChI is InChI=1S/C22H24FN3O2/c1-13-11-19(28-3)18(23)12-17(13)16-8-9-24-21-20(16)25-14(2)22(27)26(21)10-4-5-15-6-7-15/h8-9,11-12,15H,4-7,10H2,1-3H3. The average Bonchev–Trinajstić information content (AvgIpc) is 3.50. The molecule has 1 saturated carbocycles. The first kappa shape index (κ1) is 18.6. The Morgan fingerprint density at radius 3 is 2.75 bits per heavy atom. The molecule has 4 rings (SSSR count). The first-order valence-corrected chi connectivity index (χ1v) is 9.70. The topological polar surface area (TPSA) is 57.0 Å². The summed E-state index contributed by atoms with van der Waals surface area (Å²) in [5.74, 6) is 0.599. The third-order valence-electron chi connectivity index (χ3n) is 5.47. The van der Waals surface area contributed by atoms with E-state index in [0.29, 0.717) is 23.4 Å². The van der Waals surface area contributed by atoms with Crippen LogP contribution in [0.15, 0.2) is 29.2 Å². The summed E-state index contributed by atoms with van der Waals surface area (Å²) < 4.78 is 21.2. The molecule has 28 heavy (non-hydrogen) atoms. The smallest absolute Gasteiger partial charge is 0.273 e. The fraction of sp³-hybridized carbons (Fsp3) is 0.409. The second-order valence-corrected chi connectivity index (χ2v) is 7.57. The molecule has 0 bridgehead atoms. The summed E-state index contributed by atoms with van der Waals surface area (Å²) in [4.78, 5) is 21.7. The van der Waals surface area contributed by atoms with E-state index in [1.807, 2.05) is 13.0 Å². The van der Waals surface area contributed by atoms with Crippen LogP contribution in [-0.4, -0.2) is 21.6 Å². The molecule has 0 unspecified atom stereocenters. The Morgan fingerprint density at radius 2 is 2.04 bits per heavy atom. The van der Waals surface area contributed by atoms with E-state index in [-0.39, 0.29) is 11.3 Å². The summed E-state index contributed by atoms with van der Waals surface area (Å²) in [6.07, 6.45) is 6.35. The number of hydrogen-bond acceptors (Lipinski definition) is 4. The van der Waals surface area contributed by atoms with Crippen LogP contribution in [-0.2, 0) is 6.54 Å². The van der Waals surface area contributed by atoms with E-state index in [2.05, 4.69) is 9.97 Å². The zero-order valence-electron chi connectivity index (χ0n) is 16.5. The highest BCUT2D eigenvalue weighted by Gasteiger charge is 2.21. The normalized spacial score (nSPS) is 13.9. The van der Waals surface area contributed by atoms with Gasteiger partial charge in [-0.15, -0.1) is 0 Å². The van der Waals surface area contributed by atoms with Gasteiger partial charge in [0.25, 0.3) is 5.56 Å². The molecule has 0 aliphatic heterocycles. The number of methoxy groups -OCH3 is 1. The number of ether oxygens (including phenoxy) is 1. The second kappa shape index (κ2) is 7.34. The van der Waals surface area contributed by atoms with Crippen LogP contribution in [0.25, 0.3) is 22.3 Å². The highest BCUT2D eigenvalue weighted by atomic mass is 19.1. The maximum absolute atomic E-state index is 14.4. The van der Waals surface area contributed by atoms with Gasteiger partial charge in [-0.25, -0.2) is 14.4 Å². The van der Waals surface area contributed by atoms with Crippen molar-refractivity contribution in [2.75, 3.05) is 7.11 Å². The summed E-state index contributed by atoms with van der Waals surface area (Å²) >= 11 is 0. The van der Waals surface area contributed by atoms with Crippen molar-refractivity contribution in [2.24, 2.45) is 5.92 Å². The highest BCUT2D eigenvalue weighted by molar-refractivity contribution is 5.90. The molecule has 1 aliphatic rings. The molecule has 2 heterocycles. The number of benzene rings is 1. The molecule has 3 aromatic rings. The Kier molecular flexibility index (Phi) is 4.87. The lowest BCUT2D eigenvalue weighted by Gasteiger charge is -2.14. The first-order chi connectivity index (χ1) is 13.5. The van der Waals surface area contributed by atoms with Crippen LogP contribution in [0, 0.1) is 25.6 Å². The Labute approximate surface area is 163 Å². The van der Waals surface area contributed by atoms with Gasteiger partial charge >= 0.3 is 0 Å². The molecule has 0 saturated heterocycles. The Balaban J connectivity index is 1.85. The van der Waals surface area contributed by atoms with Gasteiger partial charge in [-0.3, -0.25) is 9.36 Å². The lowest BCUT2D eigenvalue weighted by Crippen LogP contribution is -2.25. The van der Waals surface area contributed by atoms with Crippen molar-refractivity contribution in [1.82, 2.24) is 14.5 Å². The van der Waals surface area contributed by atoms with Gasteiger partial charge < -0.3 is 4.74 Å². The van der Waals surface area contributed by atoms with Crippen LogP contribution < -0.4 is 10.3 Å². The molecule has 0 radical (unpaired) electrons. The molecule has 0 amide bonds. The summed E-state index contributed by atoms with van der Waals surface area (Å²) in [5, 5.41) is 0. The van der Waals surface area contributed by atoms with Crippen molar-refractivity contribution in [3.05, 3.63) is 51.8 Å². The zero-order valence-corrected chi connectivity index (χ0v) is 16.5. The van der Waals surface area contributed by atoms with Crippen LogP contribution in [0.5, 0.6) is 5.75 Å². The molecule has 0 spiro atoms. The number of hydrogen-bond donors (Lipinski definition) is 0. The van der Waals surface area contributed by atoms with E-state index < -0.39 is 5.82 Å². The lowest BCUT2D eigenvalue weighted by molar-refractivity contribution is 0.386. The van der Waals surface area contributed by atoms with E-state index in [9.17, 15) is 9.18 Å². The van der Waals surface area contributed by atoms with Gasteiger partial charge in [-0.1, -0.05) is 12.8 Å². The van der Waals surface area contributed by atoms with Gasteiger partial charge in [0, 0.05) is 18.3 Å². The molecule has 1 aromatic carbocycles. The maximum atomic E-state index is 14.4. The number of nitrogens with zero attached hydrogens (tertiary/aromatic N) is 3. The molecule has 2 aromatic heterocycles. The number of aryl methyl sites for hydroxylation is 3. The fourth-order valence-electron chi connectivity index (χ4n) is 3.73. The van der Waals surface area contributed by atoms with Gasteiger partial charge in [0.05, 0.1) is 7.11 Å². The van der Waals surface area contributed by atoms with Gasteiger partial charge in [0.15, 0.2) is 17.2 Å². The van der Waals surface area contributed by atoms with Gasteiger partial charge in [-0.05, 0) is 61.9 Å². The minimum absolute atomic E-state index is 0.106. The molecule has 0 atom stereocenters. The molecular weight excluding hydrogens is 357 g/mol. The second-order valence-electron chi connectivity index (χ2n) is 7.57. The summed E-state index contributed by atoms with van der Waals surface area (Å²) in [6.45, 7) is 4.25. The zero-order chi connectivity index (χ0) is 19.8. The van der Waals surface area contributed by atoms with Gasteiger partial charge in [0.1, 0.15) is 11.2 Å². The molecule has 0 N–H and O–H groups in total. The third-order valence-corrected chi connectivity index (χ3v) is 5.47. The minimum Gasteiger partial charge on any atom is -0.494 e. The number of rotatable bonds is 6. The molecule has 5 nitrogen and oxygen atoms in total. The predicted octanol–water partition coefficient (Wildman–Crippen LogP) is 4.41. The maximum Gasteiger partial charge on any atom is 0.273 e. The monoisotopic (exact) mass is 381 g/mol. The van der Waals surface area contributed by atoms with Crippen LogP contribution in [0.3, 0.4) is 0 Å². The Bertz CT molecular complexity index is 1100. The Hall–Kier alpha value is -2.76. The number of pyridine rings is 1. The van der Waals surface area contributed by atoms with E-state index in [1.54, 1.807) is 23.8 Å². The average molecular weight is 381 g/mol. The van der Waals surface area contributed by atoms with Crippen molar-refractivity contribution in [1.29, 1.82) is 0 Å². The third kappa shape index (κ3) is 3.39. The SMILES string of the molecule is COc1cc(C)c(-c2ccnc3c2nc(C)c(=O)n3CCCC2CC2)cc1F. The van der Waals surface area contributed by atoms with Crippen LogP contribution in [0.2, 0.25) is 0 Å². The van der Waals surface area contributed by atoms with E-state index >= 15 is 0 Å². The van der Waals surface area contributed by atoms with E-state index in [0.717, 1.165) is 35.4 Å². The molecule has 6 heteroatoms. The van der Waals surface area contributed by atoms with Gasteiger partial charge in [0.2, 0.25) is 0 Å². The van der Waals surface area contributed by atoms with Crippen LogP contribution >= 0.6 is 0 Å². The lowest BCUT2D eigenvalue weighted by atomic mass is 9.99. The van der Waals surface area contributed by atoms with Crippen molar-refractivity contribution < 1.29 is 9.13 Å². The largest absolute Gasteiger partial charge is 0.494 e. The van der Waals surface area contributed by atoms with Crippen molar-refractivity contribution in [3.8, 4) is 16.9 Å². The minimum atomic E-state index is -0.428.